The minimum absolute atomic E-state index is 0.136. The van der Waals surface area contributed by atoms with Gasteiger partial charge in [0.15, 0.2) is 0 Å². The minimum Gasteiger partial charge on any atom is -0.355 e. The first-order valence-corrected chi connectivity index (χ1v) is 15.4. The number of carbonyl (C=O) groups excluding carboxylic acids is 2. The second-order valence-electron chi connectivity index (χ2n) is 8.50. The van der Waals surface area contributed by atoms with E-state index >= 15 is 0 Å². The summed E-state index contributed by atoms with van der Waals surface area (Å²) in [7, 11) is -3.78. The van der Waals surface area contributed by atoms with Gasteiger partial charge in [0.05, 0.1) is 11.9 Å². The maximum Gasteiger partial charge on any atom is 0.244 e. The SMILES string of the molecule is CCNC(=O)[C@H](Cc1ccccc1)N(Cc1cccc(Br)c1)C(=O)CN(c1ccc(I)cc1)S(C)(=O)=O. The molecule has 7 nitrogen and oxygen atoms in total. The van der Waals surface area contributed by atoms with Crippen molar-refractivity contribution in [1.82, 2.24) is 10.2 Å². The van der Waals surface area contributed by atoms with Crippen LogP contribution in [0.2, 0.25) is 0 Å². The smallest absolute Gasteiger partial charge is 0.244 e. The number of rotatable bonds is 11. The fraction of sp³-hybridized carbons (Fsp3) is 0.259. The number of hydrogen-bond donors (Lipinski definition) is 1. The van der Waals surface area contributed by atoms with Crippen LogP contribution in [0.3, 0.4) is 0 Å². The molecule has 0 unspecified atom stereocenters. The van der Waals surface area contributed by atoms with Crippen molar-refractivity contribution in [1.29, 1.82) is 0 Å². The zero-order chi connectivity index (χ0) is 27.0. The highest BCUT2D eigenvalue weighted by Gasteiger charge is 2.32. The third kappa shape index (κ3) is 8.54. The number of anilines is 1. The van der Waals surface area contributed by atoms with E-state index in [-0.39, 0.29) is 18.9 Å². The molecule has 0 aliphatic heterocycles. The summed E-state index contributed by atoms with van der Waals surface area (Å²) in [6, 6.07) is 23.0. The number of carbonyl (C=O) groups is 2. The van der Waals surface area contributed by atoms with Gasteiger partial charge in [0.25, 0.3) is 0 Å². The molecule has 0 aliphatic carbocycles. The molecular formula is C27H29BrIN3O4S. The van der Waals surface area contributed by atoms with Gasteiger partial charge in [0, 0.05) is 27.6 Å². The first kappa shape index (κ1) is 29.1. The average Bonchev–Trinajstić information content (AvgIpc) is 2.85. The number of likely N-dealkylation sites (N-methyl/N-ethyl adjacent to an activating group) is 1. The molecule has 37 heavy (non-hydrogen) atoms. The third-order valence-corrected chi connectivity index (χ3v) is 8.01. The van der Waals surface area contributed by atoms with Crippen LogP contribution in [0.25, 0.3) is 0 Å². The van der Waals surface area contributed by atoms with Crippen molar-refractivity contribution in [2.45, 2.75) is 25.9 Å². The zero-order valence-electron chi connectivity index (χ0n) is 20.6. The van der Waals surface area contributed by atoms with Gasteiger partial charge in [-0.25, -0.2) is 8.42 Å². The highest BCUT2D eigenvalue weighted by atomic mass is 127. The predicted molar refractivity (Wildman–Crippen MR) is 159 cm³/mol. The lowest BCUT2D eigenvalue weighted by molar-refractivity contribution is -0.140. The van der Waals surface area contributed by atoms with Gasteiger partial charge in [0.2, 0.25) is 21.8 Å². The van der Waals surface area contributed by atoms with Gasteiger partial charge < -0.3 is 10.2 Å². The van der Waals surface area contributed by atoms with E-state index in [4.69, 9.17) is 0 Å². The fourth-order valence-electron chi connectivity index (χ4n) is 3.90. The summed E-state index contributed by atoms with van der Waals surface area (Å²) < 4.78 is 28.3. The second kappa shape index (κ2) is 13.4. The molecule has 0 radical (unpaired) electrons. The van der Waals surface area contributed by atoms with Gasteiger partial charge in [-0.3, -0.25) is 13.9 Å². The molecule has 1 atom stereocenters. The van der Waals surface area contributed by atoms with Gasteiger partial charge in [0.1, 0.15) is 12.6 Å². The standard InChI is InChI=1S/C27H29BrIN3O4S/c1-3-30-27(34)25(17-20-8-5-4-6-9-20)31(18-21-10-7-11-22(28)16-21)26(33)19-32(37(2,35)36)24-14-12-23(29)13-15-24/h4-16,25H,3,17-19H2,1-2H3,(H,30,34)/t25-/m0/s1. The number of benzene rings is 3. The summed E-state index contributed by atoms with van der Waals surface area (Å²) in [6.45, 7) is 1.93. The molecule has 3 rings (SSSR count). The molecule has 0 fully saturated rings. The highest BCUT2D eigenvalue weighted by molar-refractivity contribution is 14.1. The molecular weight excluding hydrogens is 669 g/mol. The number of hydrogen-bond acceptors (Lipinski definition) is 4. The highest BCUT2D eigenvalue weighted by Crippen LogP contribution is 2.22. The van der Waals surface area contributed by atoms with Gasteiger partial charge >= 0.3 is 0 Å². The summed E-state index contributed by atoms with van der Waals surface area (Å²) in [5.74, 6) is -0.772. The number of sulfonamides is 1. The molecule has 1 N–H and O–H groups in total. The number of amides is 2. The predicted octanol–water partition coefficient (Wildman–Crippen LogP) is 4.60. The van der Waals surface area contributed by atoms with Gasteiger partial charge in [-0.2, -0.15) is 0 Å². The van der Waals surface area contributed by atoms with Crippen molar-refractivity contribution in [3.63, 3.8) is 0 Å². The largest absolute Gasteiger partial charge is 0.355 e. The Morgan fingerprint density at radius 1 is 0.973 bits per heavy atom. The van der Waals surface area contributed by atoms with E-state index in [0.29, 0.717) is 12.2 Å². The van der Waals surface area contributed by atoms with Crippen LogP contribution in [-0.2, 0) is 32.6 Å². The van der Waals surface area contributed by atoms with Crippen LogP contribution in [-0.4, -0.2) is 50.5 Å². The van der Waals surface area contributed by atoms with Crippen molar-refractivity contribution in [2.24, 2.45) is 0 Å². The van der Waals surface area contributed by atoms with Crippen LogP contribution in [0.5, 0.6) is 0 Å². The Bertz CT molecular complexity index is 1320. The Kier molecular flexibility index (Phi) is 10.5. The van der Waals surface area contributed by atoms with Crippen LogP contribution in [0.1, 0.15) is 18.1 Å². The molecule has 196 valence electrons. The van der Waals surface area contributed by atoms with Crippen molar-refractivity contribution in [3.05, 3.63) is 98.0 Å². The van der Waals surface area contributed by atoms with Crippen molar-refractivity contribution in [2.75, 3.05) is 23.7 Å². The molecule has 0 heterocycles. The van der Waals surface area contributed by atoms with E-state index in [9.17, 15) is 18.0 Å². The number of halogens is 2. The van der Waals surface area contributed by atoms with E-state index in [0.717, 1.165) is 29.7 Å². The van der Waals surface area contributed by atoms with Crippen molar-refractivity contribution in [3.8, 4) is 0 Å². The Morgan fingerprint density at radius 3 is 2.22 bits per heavy atom. The summed E-state index contributed by atoms with van der Waals surface area (Å²) in [4.78, 5) is 28.7. The third-order valence-electron chi connectivity index (χ3n) is 5.66. The van der Waals surface area contributed by atoms with E-state index in [1.54, 1.807) is 24.3 Å². The maximum atomic E-state index is 13.9. The minimum atomic E-state index is -3.78. The Hall–Kier alpha value is -2.44. The average molecular weight is 698 g/mol. The lowest BCUT2D eigenvalue weighted by Gasteiger charge is -2.33. The summed E-state index contributed by atoms with van der Waals surface area (Å²) in [5, 5.41) is 2.85. The van der Waals surface area contributed by atoms with E-state index in [1.165, 1.54) is 4.90 Å². The summed E-state index contributed by atoms with van der Waals surface area (Å²) >= 11 is 5.60. The van der Waals surface area contributed by atoms with E-state index in [2.05, 4.69) is 43.8 Å². The van der Waals surface area contributed by atoms with Crippen LogP contribution >= 0.6 is 38.5 Å². The molecule has 0 saturated heterocycles. The monoisotopic (exact) mass is 697 g/mol. The van der Waals surface area contributed by atoms with Gasteiger partial charge in [-0.15, -0.1) is 0 Å². The molecule has 0 aliphatic rings. The molecule has 0 spiro atoms. The molecule has 0 bridgehead atoms. The summed E-state index contributed by atoms with van der Waals surface area (Å²) in [6.07, 6.45) is 1.36. The van der Waals surface area contributed by atoms with Crippen LogP contribution < -0.4 is 9.62 Å². The lowest BCUT2D eigenvalue weighted by Crippen LogP contribution is -2.53. The lowest BCUT2D eigenvalue weighted by atomic mass is 10.0. The normalized spacial score (nSPS) is 12.0. The molecule has 0 aromatic heterocycles. The molecule has 0 saturated carbocycles. The Balaban J connectivity index is 2.03. The molecule has 3 aromatic carbocycles. The summed E-state index contributed by atoms with van der Waals surface area (Å²) in [5.41, 5.74) is 2.09. The van der Waals surface area contributed by atoms with E-state index < -0.39 is 28.5 Å². The van der Waals surface area contributed by atoms with Crippen LogP contribution in [0.4, 0.5) is 5.69 Å². The fourth-order valence-corrected chi connectivity index (χ4v) is 5.55. The van der Waals surface area contributed by atoms with Crippen LogP contribution in [0.15, 0.2) is 83.3 Å². The quantitative estimate of drug-likeness (QED) is 0.297. The number of nitrogens with zero attached hydrogens (tertiary/aromatic N) is 2. The molecule has 3 aromatic rings. The van der Waals surface area contributed by atoms with Crippen molar-refractivity contribution < 1.29 is 18.0 Å². The van der Waals surface area contributed by atoms with Gasteiger partial charge in [-0.05, 0) is 77.0 Å². The Morgan fingerprint density at radius 2 is 1.62 bits per heavy atom. The zero-order valence-corrected chi connectivity index (χ0v) is 25.2. The topological polar surface area (TPSA) is 86.8 Å². The second-order valence-corrected chi connectivity index (χ2v) is 12.6. The van der Waals surface area contributed by atoms with Crippen LogP contribution in [0, 0.1) is 3.57 Å². The van der Waals surface area contributed by atoms with Gasteiger partial charge in [-0.1, -0.05) is 58.4 Å². The maximum absolute atomic E-state index is 13.9. The van der Waals surface area contributed by atoms with E-state index in [1.807, 2.05) is 61.5 Å². The van der Waals surface area contributed by atoms with Crippen molar-refractivity contribution >= 4 is 66.0 Å². The first-order chi connectivity index (χ1) is 17.6. The Labute approximate surface area is 240 Å². The first-order valence-electron chi connectivity index (χ1n) is 11.7. The molecule has 2 amide bonds. The number of nitrogens with one attached hydrogen (secondary N) is 1. The molecule has 10 heteroatoms.